The Hall–Kier alpha value is -3.95. The largest absolute Gasteiger partial charge is 0.468 e. The van der Waals surface area contributed by atoms with Crippen LogP contribution in [0.1, 0.15) is 11.4 Å². The Morgan fingerprint density at radius 3 is 2.59 bits per heavy atom. The second-order valence-corrected chi connectivity index (χ2v) is 6.32. The van der Waals surface area contributed by atoms with Crippen molar-refractivity contribution in [3.8, 4) is 17.3 Å². The van der Waals surface area contributed by atoms with Crippen LogP contribution in [-0.4, -0.2) is 34.6 Å². The van der Waals surface area contributed by atoms with Crippen molar-refractivity contribution in [2.75, 3.05) is 0 Å². The van der Waals surface area contributed by atoms with Gasteiger partial charge in [-0.1, -0.05) is 24.3 Å². The van der Waals surface area contributed by atoms with Crippen LogP contribution in [0, 0.1) is 11.6 Å². The second kappa shape index (κ2) is 6.59. The van der Waals surface area contributed by atoms with Gasteiger partial charge in [-0.3, -0.25) is 4.68 Å². The summed E-state index contributed by atoms with van der Waals surface area (Å²) in [4.78, 5) is 4.12. The quantitative estimate of drug-likeness (QED) is 0.519. The molecule has 0 saturated carbocycles. The summed E-state index contributed by atoms with van der Waals surface area (Å²) in [7, 11) is 1.75. The molecule has 144 valence electrons. The minimum Gasteiger partial charge on any atom is -0.468 e. The highest BCUT2D eigenvalue weighted by Crippen LogP contribution is 2.32. The van der Waals surface area contributed by atoms with Crippen LogP contribution < -0.4 is 4.74 Å². The van der Waals surface area contributed by atoms with Crippen LogP contribution in [0.25, 0.3) is 22.6 Å². The van der Waals surface area contributed by atoms with E-state index in [4.69, 9.17) is 4.74 Å². The van der Waals surface area contributed by atoms with Gasteiger partial charge in [-0.25, -0.2) is 13.8 Å². The molecule has 5 rings (SSSR count). The van der Waals surface area contributed by atoms with E-state index in [2.05, 4.69) is 25.4 Å². The number of benzene rings is 1. The molecule has 1 aliphatic carbocycles. The summed E-state index contributed by atoms with van der Waals surface area (Å²) < 4.78 is 37.3. The van der Waals surface area contributed by atoms with E-state index in [1.807, 2.05) is 18.2 Å². The van der Waals surface area contributed by atoms with E-state index in [9.17, 15) is 8.78 Å². The van der Waals surface area contributed by atoms with Crippen LogP contribution in [0.5, 0.6) is 5.88 Å². The summed E-state index contributed by atoms with van der Waals surface area (Å²) in [6.07, 6.45) is 7.11. The topological polar surface area (TPSA) is 83.0 Å². The number of nitrogens with zero attached hydrogens (tertiary/aromatic N) is 7. The van der Waals surface area contributed by atoms with Crippen LogP contribution in [-0.2, 0) is 13.7 Å². The van der Waals surface area contributed by atoms with Gasteiger partial charge in [0.15, 0.2) is 17.3 Å². The Morgan fingerprint density at radius 2 is 1.93 bits per heavy atom. The van der Waals surface area contributed by atoms with Crippen LogP contribution in [0.3, 0.4) is 0 Å². The first kappa shape index (κ1) is 17.2. The third-order valence-corrected chi connectivity index (χ3v) is 4.55. The molecular weight excluding hydrogens is 380 g/mol. The van der Waals surface area contributed by atoms with E-state index in [1.165, 1.54) is 16.9 Å². The van der Waals surface area contributed by atoms with Crippen molar-refractivity contribution >= 4 is 11.2 Å². The van der Waals surface area contributed by atoms with Crippen molar-refractivity contribution < 1.29 is 13.5 Å². The van der Waals surface area contributed by atoms with E-state index >= 15 is 0 Å². The lowest BCUT2D eigenvalue weighted by Crippen LogP contribution is -2.09. The molecule has 0 aliphatic heterocycles. The molecule has 0 saturated heterocycles. The lowest BCUT2D eigenvalue weighted by Gasteiger charge is -2.14. The van der Waals surface area contributed by atoms with Crippen molar-refractivity contribution in [1.82, 2.24) is 34.6 Å². The number of rotatable bonds is 5. The number of fused-ring (bicyclic) bond motifs is 1. The Morgan fingerprint density at radius 1 is 1.14 bits per heavy atom. The Balaban J connectivity index is 1.63. The van der Waals surface area contributed by atoms with Gasteiger partial charge in [0.05, 0.1) is 5.56 Å². The van der Waals surface area contributed by atoms with Crippen LogP contribution in [0.2, 0.25) is 0 Å². The SMILES string of the molecule is Cn1ncnc1COc1nn2c(-c3c(F)cccc3F)nnc2cc1C1=CC=C1. The highest BCUT2D eigenvalue weighted by atomic mass is 19.1. The lowest BCUT2D eigenvalue weighted by atomic mass is 10.0. The molecule has 10 heteroatoms. The van der Waals surface area contributed by atoms with Gasteiger partial charge in [0.2, 0.25) is 5.88 Å². The summed E-state index contributed by atoms with van der Waals surface area (Å²) in [6.45, 7) is 0.116. The third kappa shape index (κ3) is 2.85. The molecule has 1 aromatic carbocycles. The molecule has 8 nitrogen and oxygen atoms in total. The van der Waals surface area contributed by atoms with Crippen molar-refractivity contribution in [2.45, 2.75) is 6.61 Å². The number of halogens is 2. The van der Waals surface area contributed by atoms with Crippen LogP contribution in [0.4, 0.5) is 8.78 Å². The maximum Gasteiger partial charge on any atom is 0.240 e. The van der Waals surface area contributed by atoms with Crippen LogP contribution in [0.15, 0.2) is 48.8 Å². The van der Waals surface area contributed by atoms with Crippen molar-refractivity contribution in [3.63, 3.8) is 0 Å². The zero-order chi connectivity index (χ0) is 20.0. The first-order valence-corrected chi connectivity index (χ1v) is 8.67. The number of aryl methyl sites for hydroxylation is 1. The molecule has 0 atom stereocenters. The Kier molecular flexibility index (Phi) is 3.90. The molecule has 0 bridgehead atoms. The maximum atomic E-state index is 14.3. The molecule has 0 amide bonds. The minimum atomic E-state index is -0.753. The summed E-state index contributed by atoms with van der Waals surface area (Å²) >= 11 is 0. The highest BCUT2D eigenvalue weighted by molar-refractivity contribution is 5.84. The molecule has 0 spiro atoms. The average Bonchev–Trinajstić information content (AvgIpc) is 3.24. The predicted octanol–water partition coefficient (Wildman–Crippen LogP) is 2.73. The monoisotopic (exact) mass is 393 g/mol. The molecular formula is C19H13F2N7O. The summed E-state index contributed by atoms with van der Waals surface area (Å²) in [6, 6.07) is 5.31. The standard InChI is InChI=1S/C19H13F2N7O/c1-27-16(22-10-23-27)9-29-19-12(11-4-2-5-11)8-15-24-25-18(28(15)26-19)17-13(20)6-3-7-14(17)21/h2-8,10H,9H2,1H3. The maximum absolute atomic E-state index is 14.3. The zero-order valence-corrected chi connectivity index (χ0v) is 15.1. The van der Waals surface area contributed by atoms with E-state index < -0.39 is 11.6 Å². The molecule has 0 N–H and O–H groups in total. The van der Waals surface area contributed by atoms with Crippen LogP contribution >= 0.6 is 0 Å². The fourth-order valence-electron chi connectivity index (χ4n) is 2.95. The normalized spacial score (nSPS) is 12.9. The van der Waals surface area contributed by atoms with Gasteiger partial charge in [0.1, 0.15) is 24.6 Å². The predicted molar refractivity (Wildman–Crippen MR) is 98.6 cm³/mol. The summed E-state index contributed by atoms with van der Waals surface area (Å²) in [5.74, 6) is -0.703. The molecule has 0 unspecified atom stereocenters. The van der Waals surface area contributed by atoms with Gasteiger partial charge in [0, 0.05) is 12.6 Å². The molecule has 0 fully saturated rings. The molecule has 0 radical (unpaired) electrons. The highest BCUT2D eigenvalue weighted by Gasteiger charge is 2.21. The van der Waals surface area contributed by atoms with E-state index in [-0.39, 0.29) is 23.9 Å². The number of aromatic nitrogens is 7. The summed E-state index contributed by atoms with van der Waals surface area (Å²) in [5, 5.41) is 16.4. The Labute approximate surface area is 162 Å². The molecule has 3 heterocycles. The number of allylic oxidation sites excluding steroid dienone is 4. The number of hydrogen-bond donors (Lipinski definition) is 0. The molecule has 4 aromatic rings. The molecule has 3 aromatic heterocycles. The number of ether oxygens (including phenoxy) is 1. The van der Waals surface area contributed by atoms with Gasteiger partial charge in [0.25, 0.3) is 0 Å². The first-order chi connectivity index (χ1) is 14.1. The second-order valence-electron chi connectivity index (χ2n) is 6.32. The third-order valence-electron chi connectivity index (χ3n) is 4.55. The van der Waals surface area contributed by atoms with Gasteiger partial charge >= 0.3 is 0 Å². The molecule has 29 heavy (non-hydrogen) atoms. The zero-order valence-electron chi connectivity index (χ0n) is 15.1. The van der Waals surface area contributed by atoms with Gasteiger partial charge < -0.3 is 4.74 Å². The fraction of sp³-hybridized carbons (Fsp3) is 0.105. The van der Waals surface area contributed by atoms with Gasteiger partial charge in [-0.05, 0) is 23.8 Å². The first-order valence-electron chi connectivity index (χ1n) is 8.67. The Bertz CT molecular complexity index is 1290. The average molecular weight is 393 g/mol. The number of hydrogen-bond acceptors (Lipinski definition) is 6. The summed E-state index contributed by atoms with van der Waals surface area (Å²) in [5.41, 5.74) is 1.62. The van der Waals surface area contributed by atoms with Gasteiger partial charge in [-0.2, -0.15) is 9.61 Å². The van der Waals surface area contributed by atoms with E-state index in [0.29, 0.717) is 17.0 Å². The van der Waals surface area contributed by atoms with E-state index in [0.717, 1.165) is 17.7 Å². The van der Waals surface area contributed by atoms with Crippen molar-refractivity contribution in [2.24, 2.45) is 7.05 Å². The van der Waals surface area contributed by atoms with E-state index in [1.54, 1.807) is 17.8 Å². The fourth-order valence-corrected chi connectivity index (χ4v) is 2.95. The van der Waals surface area contributed by atoms with Crippen molar-refractivity contribution in [1.29, 1.82) is 0 Å². The smallest absolute Gasteiger partial charge is 0.240 e. The van der Waals surface area contributed by atoms with Gasteiger partial charge in [-0.15, -0.1) is 15.3 Å². The van der Waals surface area contributed by atoms with Crippen molar-refractivity contribution in [3.05, 3.63) is 71.8 Å². The lowest BCUT2D eigenvalue weighted by molar-refractivity contribution is 0.273. The molecule has 1 aliphatic rings. The minimum absolute atomic E-state index is 0.0520.